The second-order valence-electron chi connectivity index (χ2n) is 6.24. The highest BCUT2D eigenvalue weighted by Crippen LogP contribution is 2.44. The molecule has 1 aromatic rings. The van der Waals surface area contributed by atoms with Gasteiger partial charge in [0.25, 0.3) is 0 Å². The van der Waals surface area contributed by atoms with Crippen LogP contribution in [-0.2, 0) is 14.3 Å². The van der Waals surface area contributed by atoms with Gasteiger partial charge in [-0.25, -0.2) is 9.78 Å². The Morgan fingerprint density at radius 1 is 1.59 bits per heavy atom. The van der Waals surface area contributed by atoms with Crippen molar-refractivity contribution in [2.45, 2.75) is 57.8 Å². The molecule has 3 unspecified atom stereocenters. The highest BCUT2D eigenvalue weighted by atomic mass is 16.6. The lowest BCUT2D eigenvalue weighted by Crippen LogP contribution is -2.51. The third-order valence-electron chi connectivity index (χ3n) is 4.02. The maximum Gasteiger partial charge on any atom is 0.332 e. The summed E-state index contributed by atoms with van der Waals surface area (Å²) in [7, 11) is 0. The molecule has 7 nitrogen and oxygen atoms in total. The van der Waals surface area contributed by atoms with Gasteiger partial charge in [0, 0.05) is 18.8 Å². The third kappa shape index (κ3) is 3.47. The van der Waals surface area contributed by atoms with E-state index in [1.165, 1.54) is 6.92 Å². The molecule has 122 valence electrons. The average Bonchev–Trinajstić information content (AvgIpc) is 3.03. The van der Waals surface area contributed by atoms with E-state index in [4.69, 9.17) is 4.74 Å². The van der Waals surface area contributed by atoms with Crippen LogP contribution in [0.25, 0.3) is 0 Å². The van der Waals surface area contributed by atoms with Crippen LogP contribution < -0.4 is 5.32 Å². The van der Waals surface area contributed by atoms with Crippen LogP contribution in [0.1, 0.15) is 51.6 Å². The van der Waals surface area contributed by atoms with Gasteiger partial charge in [-0.2, -0.15) is 0 Å². The van der Waals surface area contributed by atoms with Crippen molar-refractivity contribution in [3.8, 4) is 0 Å². The van der Waals surface area contributed by atoms with Gasteiger partial charge in [0.05, 0.1) is 12.2 Å². The number of imidazole rings is 1. The Morgan fingerprint density at radius 3 is 2.82 bits per heavy atom. The minimum atomic E-state index is -1.01. The molecule has 1 aromatic heterocycles. The van der Waals surface area contributed by atoms with Crippen molar-refractivity contribution < 1.29 is 19.4 Å². The standard InChI is InChI=1S/C15H23N3O4/c1-9(2)4-5-15(18-10(3)19)11(12-7-16-8-17-12)6-13(22-15)14(20)21/h7-9,11,13H,4-6H2,1-3H3,(H,16,17)(H,18,19)(H,20,21). The van der Waals surface area contributed by atoms with E-state index in [1.54, 1.807) is 12.5 Å². The van der Waals surface area contributed by atoms with Crippen molar-refractivity contribution in [3.63, 3.8) is 0 Å². The average molecular weight is 309 g/mol. The molecule has 0 spiro atoms. The molecule has 1 aliphatic rings. The molecular formula is C15H23N3O4. The molecular weight excluding hydrogens is 286 g/mol. The minimum absolute atomic E-state index is 0.237. The number of carbonyl (C=O) groups excluding carboxylic acids is 1. The summed E-state index contributed by atoms with van der Waals surface area (Å²) in [5.41, 5.74) is -0.229. The second kappa shape index (κ2) is 6.48. The highest BCUT2D eigenvalue weighted by Gasteiger charge is 2.52. The van der Waals surface area contributed by atoms with Crippen molar-refractivity contribution in [1.29, 1.82) is 0 Å². The number of amides is 1. The van der Waals surface area contributed by atoms with E-state index in [0.29, 0.717) is 18.8 Å². The molecule has 0 aliphatic carbocycles. The first-order valence-electron chi connectivity index (χ1n) is 7.51. The summed E-state index contributed by atoms with van der Waals surface area (Å²) in [4.78, 5) is 30.1. The van der Waals surface area contributed by atoms with Crippen LogP contribution in [0, 0.1) is 5.92 Å². The number of rotatable bonds is 6. The van der Waals surface area contributed by atoms with E-state index in [-0.39, 0.29) is 11.8 Å². The molecule has 0 saturated carbocycles. The first-order chi connectivity index (χ1) is 10.3. The molecule has 2 heterocycles. The minimum Gasteiger partial charge on any atom is -0.479 e. The maximum absolute atomic E-state index is 11.7. The molecule has 0 aromatic carbocycles. The molecule has 1 aliphatic heterocycles. The van der Waals surface area contributed by atoms with Crippen LogP contribution in [0.4, 0.5) is 0 Å². The summed E-state index contributed by atoms with van der Waals surface area (Å²) < 4.78 is 5.83. The Bertz CT molecular complexity index is 529. The lowest BCUT2D eigenvalue weighted by Gasteiger charge is -2.35. The number of aliphatic carboxylic acids is 1. The van der Waals surface area contributed by atoms with Gasteiger partial charge in [-0.15, -0.1) is 0 Å². The number of nitrogens with one attached hydrogen (secondary N) is 2. The van der Waals surface area contributed by atoms with Crippen molar-refractivity contribution in [2.75, 3.05) is 0 Å². The summed E-state index contributed by atoms with van der Waals surface area (Å²) in [5.74, 6) is -1.10. The zero-order chi connectivity index (χ0) is 16.3. The van der Waals surface area contributed by atoms with Gasteiger partial charge in [0.1, 0.15) is 5.72 Å². The highest BCUT2D eigenvalue weighted by molar-refractivity contribution is 5.75. The predicted molar refractivity (Wildman–Crippen MR) is 79.1 cm³/mol. The number of aromatic nitrogens is 2. The summed E-state index contributed by atoms with van der Waals surface area (Å²) in [6.07, 6.45) is 3.94. The Kier molecular flexibility index (Phi) is 4.85. The fourth-order valence-corrected chi connectivity index (χ4v) is 2.99. The molecule has 1 fully saturated rings. The van der Waals surface area contributed by atoms with Crippen LogP contribution in [-0.4, -0.2) is 38.8 Å². The monoisotopic (exact) mass is 309 g/mol. The van der Waals surface area contributed by atoms with Crippen LogP contribution in [0.3, 0.4) is 0 Å². The smallest absolute Gasteiger partial charge is 0.332 e. The number of carboxylic acid groups (broad SMARTS) is 1. The quantitative estimate of drug-likeness (QED) is 0.741. The molecule has 7 heteroatoms. The molecule has 0 bridgehead atoms. The Labute approximate surface area is 129 Å². The number of nitrogens with zero attached hydrogens (tertiary/aromatic N) is 1. The summed E-state index contributed by atoms with van der Waals surface area (Å²) in [6.45, 7) is 5.57. The van der Waals surface area contributed by atoms with Gasteiger partial charge < -0.3 is 20.1 Å². The predicted octanol–water partition coefficient (Wildman–Crippen LogP) is 1.64. The maximum atomic E-state index is 11.7. The van der Waals surface area contributed by atoms with Crippen molar-refractivity contribution in [1.82, 2.24) is 15.3 Å². The van der Waals surface area contributed by atoms with Crippen LogP contribution in [0.2, 0.25) is 0 Å². The van der Waals surface area contributed by atoms with E-state index >= 15 is 0 Å². The van der Waals surface area contributed by atoms with E-state index in [2.05, 4.69) is 29.1 Å². The zero-order valence-corrected chi connectivity index (χ0v) is 13.1. The molecule has 2 rings (SSSR count). The Hall–Kier alpha value is -1.89. The van der Waals surface area contributed by atoms with E-state index < -0.39 is 17.8 Å². The molecule has 22 heavy (non-hydrogen) atoms. The Morgan fingerprint density at radius 2 is 2.32 bits per heavy atom. The zero-order valence-electron chi connectivity index (χ0n) is 13.1. The lowest BCUT2D eigenvalue weighted by molar-refractivity contribution is -0.160. The third-order valence-corrected chi connectivity index (χ3v) is 4.02. The number of carboxylic acids is 1. The van der Waals surface area contributed by atoms with E-state index in [9.17, 15) is 14.7 Å². The van der Waals surface area contributed by atoms with Crippen LogP contribution >= 0.6 is 0 Å². The van der Waals surface area contributed by atoms with Crippen LogP contribution in [0.5, 0.6) is 0 Å². The number of ether oxygens (including phenoxy) is 1. The van der Waals surface area contributed by atoms with E-state index in [0.717, 1.165) is 12.1 Å². The Balaban J connectivity index is 2.35. The topological polar surface area (TPSA) is 104 Å². The summed E-state index contributed by atoms with van der Waals surface area (Å²) >= 11 is 0. The van der Waals surface area contributed by atoms with Gasteiger partial charge in [-0.3, -0.25) is 4.79 Å². The largest absolute Gasteiger partial charge is 0.479 e. The van der Waals surface area contributed by atoms with Crippen molar-refractivity contribution in [3.05, 3.63) is 18.2 Å². The summed E-state index contributed by atoms with van der Waals surface area (Å²) in [6, 6.07) is 0. The SMILES string of the molecule is CC(=O)NC1(CCC(C)C)OC(C(=O)O)CC1c1cnc[nH]1. The second-order valence-corrected chi connectivity index (χ2v) is 6.24. The normalized spacial score (nSPS) is 28.0. The summed E-state index contributed by atoms with van der Waals surface area (Å²) in [5, 5.41) is 12.2. The van der Waals surface area contributed by atoms with Gasteiger partial charge >= 0.3 is 5.97 Å². The van der Waals surface area contributed by atoms with Gasteiger partial charge in [-0.1, -0.05) is 13.8 Å². The van der Waals surface area contributed by atoms with Gasteiger partial charge in [-0.05, 0) is 25.2 Å². The fourth-order valence-electron chi connectivity index (χ4n) is 2.99. The number of carbonyl (C=O) groups is 2. The van der Waals surface area contributed by atoms with Crippen molar-refractivity contribution >= 4 is 11.9 Å². The molecule has 0 radical (unpaired) electrons. The lowest BCUT2D eigenvalue weighted by atomic mass is 9.86. The fraction of sp³-hybridized carbons (Fsp3) is 0.667. The first-order valence-corrected chi connectivity index (χ1v) is 7.51. The first kappa shape index (κ1) is 16.5. The number of aromatic amines is 1. The molecule has 1 saturated heterocycles. The number of hydrogen-bond donors (Lipinski definition) is 3. The van der Waals surface area contributed by atoms with Crippen molar-refractivity contribution in [2.24, 2.45) is 5.92 Å². The molecule has 3 atom stereocenters. The molecule has 3 N–H and O–H groups in total. The number of H-pyrrole nitrogens is 1. The number of hydrogen-bond acceptors (Lipinski definition) is 4. The van der Waals surface area contributed by atoms with Gasteiger partial charge in [0.15, 0.2) is 6.10 Å². The molecule has 1 amide bonds. The van der Waals surface area contributed by atoms with E-state index in [1.807, 2.05) is 0 Å². The van der Waals surface area contributed by atoms with Crippen LogP contribution in [0.15, 0.2) is 12.5 Å². The van der Waals surface area contributed by atoms with Gasteiger partial charge in [0.2, 0.25) is 5.91 Å².